The minimum atomic E-state index is -0.791. The molecule has 0 fully saturated rings. The van der Waals surface area contributed by atoms with Gasteiger partial charge in [-0.2, -0.15) is 5.10 Å². The van der Waals surface area contributed by atoms with Crippen LogP contribution >= 0.6 is 0 Å². The Balaban J connectivity index is 2.88. The summed E-state index contributed by atoms with van der Waals surface area (Å²) in [6.07, 6.45) is 0. The highest BCUT2D eigenvalue weighted by atomic mass is 16.5. The van der Waals surface area contributed by atoms with Gasteiger partial charge in [-0.05, 0) is 34.7 Å². The largest absolute Gasteiger partial charge is 0.465 e. The van der Waals surface area contributed by atoms with Crippen molar-refractivity contribution in [3.63, 3.8) is 0 Å². The van der Waals surface area contributed by atoms with Crippen molar-refractivity contribution in [1.82, 2.24) is 20.1 Å². The fourth-order valence-electron chi connectivity index (χ4n) is 1.55. The molecule has 0 saturated carbocycles. The number of carbonyl (C=O) groups excluding carboxylic acids is 1. The molecule has 0 aliphatic carbocycles. The Morgan fingerprint density at radius 1 is 1.53 bits per heavy atom. The highest BCUT2D eigenvalue weighted by molar-refractivity contribution is 5.80. The SMILES string of the molecule is CCOC(=O)C(C)(Cn1nc(C)nc1C)NC. The number of nitrogens with zero attached hydrogens (tertiary/aromatic N) is 3. The summed E-state index contributed by atoms with van der Waals surface area (Å²) >= 11 is 0. The first-order valence-corrected chi connectivity index (χ1v) is 5.67. The first kappa shape index (κ1) is 13.6. The van der Waals surface area contributed by atoms with Gasteiger partial charge >= 0.3 is 5.97 Å². The van der Waals surface area contributed by atoms with E-state index in [1.165, 1.54) is 0 Å². The van der Waals surface area contributed by atoms with Crippen LogP contribution in [0.2, 0.25) is 0 Å². The van der Waals surface area contributed by atoms with Crippen molar-refractivity contribution in [3.8, 4) is 0 Å². The second kappa shape index (κ2) is 5.27. The molecule has 1 aromatic heterocycles. The lowest BCUT2D eigenvalue weighted by atomic mass is 10.0. The fourth-order valence-corrected chi connectivity index (χ4v) is 1.55. The lowest BCUT2D eigenvalue weighted by Crippen LogP contribution is -2.52. The van der Waals surface area contributed by atoms with Gasteiger partial charge < -0.3 is 10.1 Å². The highest BCUT2D eigenvalue weighted by Crippen LogP contribution is 2.11. The van der Waals surface area contributed by atoms with Gasteiger partial charge in [-0.3, -0.25) is 0 Å². The van der Waals surface area contributed by atoms with Crippen LogP contribution in [0.25, 0.3) is 0 Å². The molecule has 1 N–H and O–H groups in total. The quantitative estimate of drug-likeness (QED) is 0.756. The van der Waals surface area contributed by atoms with Crippen LogP contribution in [0.1, 0.15) is 25.5 Å². The summed E-state index contributed by atoms with van der Waals surface area (Å²) < 4.78 is 6.76. The Morgan fingerprint density at radius 2 is 2.18 bits per heavy atom. The molecule has 6 nitrogen and oxygen atoms in total. The van der Waals surface area contributed by atoms with Crippen molar-refractivity contribution in [2.45, 2.75) is 39.8 Å². The molecule has 0 amide bonds. The number of ether oxygens (including phenoxy) is 1. The molecule has 0 radical (unpaired) electrons. The molecule has 1 atom stereocenters. The molecular formula is C11H20N4O2. The van der Waals surface area contributed by atoms with Gasteiger partial charge in [-0.25, -0.2) is 14.5 Å². The van der Waals surface area contributed by atoms with Crippen LogP contribution in [0.4, 0.5) is 0 Å². The maximum Gasteiger partial charge on any atom is 0.327 e. The number of esters is 1. The standard InChI is InChI=1S/C11H20N4O2/c1-6-17-10(16)11(4,12-5)7-15-9(3)13-8(2)14-15/h12H,6-7H2,1-5H3. The molecule has 0 saturated heterocycles. The molecule has 0 aliphatic rings. The van der Waals surface area contributed by atoms with Crippen LogP contribution in [0.5, 0.6) is 0 Å². The molecule has 96 valence electrons. The van der Waals surface area contributed by atoms with Gasteiger partial charge in [0.2, 0.25) is 0 Å². The number of carbonyl (C=O) groups is 1. The average Bonchev–Trinajstić information content (AvgIpc) is 2.57. The van der Waals surface area contributed by atoms with Crippen LogP contribution in [-0.4, -0.2) is 39.9 Å². The summed E-state index contributed by atoms with van der Waals surface area (Å²) in [6, 6.07) is 0. The summed E-state index contributed by atoms with van der Waals surface area (Å²) in [5, 5.41) is 7.23. The topological polar surface area (TPSA) is 69.0 Å². The van der Waals surface area contributed by atoms with E-state index in [0.29, 0.717) is 19.0 Å². The fraction of sp³-hybridized carbons (Fsp3) is 0.727. The first-order valence-electron chi connectivity index (χ1n) is 5.67. The minimum absolute atomic E-state index is 0.282. The van der Waals surface area contributed by atoms with Crippen LogP contribution in [0.15, 0.2) is 0 Å². The predicted octanol–water partition coefficient (Wildman–Crippen LogP) is 0.436. The third-order valence-corrected chi connectivity index (χ3v) is 2.71. The maximum atomic E-state index is 11.9. The number of rotatable bonds is 5. The number of hydrogen-bond acceptors (Lipinski definition) is 5. The predicted molar refractivity (Wildman–Crippen MR) is 63.6 cm³/mol. The van der Waals surface area contributed by atoms with E-state index < -0.39 is 5.54 Å². The van der Waals surface area contributed by atoms with Crippen molar-refractivity contribution in [2.24, 2.45) is 0 Å². The molecule has 1 rings (SSSR count). The first-order chi connectivity index (χ1) is 7.92. The molecule has 17 heavy (non-hydrogen) atoms. The molecule has 0 aromatic carbocycles. The van der Waals surface area contributed by atoms with Crippen LogP contribution in [0, 0.1) is 13.8 Å². The Hall–Kier alpha value is -1.43. The molecule has 0 spiro atoms. The maximum absolute atomic E-state index is 11.9. The van der Waals surface area contributed by atoms with E-state index in [-0.39, 0.29) is 5.97 Å². The Kier molecular flexibility index (Phi) is 4.22. The summed E-state index contributed by atoms with van der Waals surface area (Å²) in [6.45, 7) is 8.03. The lowest BCUT2D eigenvalue weighted by Gasteiger charge is -2.26. The van der Waals surface area contributed by atoms with Gasteiger partial charge in [0.05, 0.1) is 13.2 Å². The van der Waals surface area contributed by atoms with Crippen LogP contribution < -0.4 is 5.32 Å². The van der Waals surface area contributed by atoms with Gasteiger partial charge in [-0.15, -0.1) is 0 Å². The normalized spacial score (nSPS) is 14.4. The smallest absolute Gasteiger partial charge is 0.327 e. The van der Waals surface area contributed by atoms with E-state index in [4.69, 9.17) is 4.74 Å². The van der Waals surface area contributed by atoms with Gasteiger partial charge in [0, 0.05) is 0 Å². The zero-order chi connectivity index (χ0) is 13.1. The molecule has 6 heteroatoms. The average molecular weight is 240 g/mol. The lowest BCUT2D eigenvalue weighted by molar-refractivity contribution is -0.151. The van der Waals surface area contributed by atoms with Crippen LogP contribution in [-0.2, 0) is 16.1 Å². The monoisotopic (exact) mass is 240 g/mol. The molecule has 0 aliphatic heterocycles. The number of aromatic nitrogens is 3. The van der Waals surface area contributed by atoms with E-state index in [1.54, 1.807) is 25.6 Å². The van der Waals surface area contributed by atoms with Crippen LogP contribution in [0.3, 0.4) is 0 Å². The van der Waals surface area contributed by atoms with Crippen molar-refractivity contribution < 1.29 is 9.53 Å². The Bertz CT molecular complexity index is 402. The van der Waals surface area contributed by atoms with E-state index in [9.17, 15) is 4.79 Å². The number of hydrogen-bond donors (Lipinski definition) is 1. The van der Waals surface area contributed by atoms with Gasteiger partial charge in [-0.1, -0.05) is 0 Å². The summed E-state index contributed by atoms with van der Waals surface area (Å²) in [7, 11) is 1.73. The zero-order valence-electron chi connectivity index (χ0n) is 11.1. The molecular weight excluding hydrogens is 220 g/mol. The third kappa shape index (κ3) is 3.03. The van der Waals surface area contributed by atoms with Gasteiger partial charge in [0.15, 0.2) is 0 Å². The number of nitrogens with one attached hydrogen (secondary N) is 1. The van der Waals surface area contributed by atoms with Crippen molar-refractivity contribution >= 4 is 5.97 Å². The summed E-state index contributed by atoms with van der Waals surface area (Å²) in [5.41, 5.74) is -0.791. The number of aryl methyl sites for hydroxylation is 2. The Morgan fingerprint density at radius 3 is 2.59 bits per heavy atom. The summed E-state index contributed by atoms with van der Waals surface area (Å²) in [4.78, 5) is 16.1. The molecule has 1 aromatic rings. The molecule has 1 unspecified atom stereocenters. The van der Waals surface area contributed by atoms with E-state index in [1.807, 2.05) is 13.8 Å². The van der Waals surface area contributed by atoms with E-state index in [0.717, 1.165) is 5.82 Å². The van der Waals surface area contributed by atoms with Crippen molar-refractivity contribution in [2.75, 3.05) is 13.7 Å². The van der Waals surface area contributed by atoms with Gasteiger partial charge in [0.25, 0.3) is 0 Å². The second-order valence-corrected chi connectivity index (χ2v) is 4.17. The number of likely N-dealkylation sites (N-methyl/N-ethyl adjacent to an activating group) is 1. The zero-order valence-corrected chi connectivity index (χ0v) is 11.1. The molecule has 1 heterocycles. The third-order valence-electron chi connectivity index (χ3n) is 2.71. The van der Waals surface area contributed by atoms with Crippen molar-refractivity contribution in [3.05, 3.63) is 11.6 Å². The second-order valence-electron chi connectivity index (χ2n) is 4.17. The van der Waals surface area contributed by atoms with Gasteiger partial charge in [0.1, 0.15) is 17.2 Å². The van der Waals surface area contributed by atoms with E-state index >= 15 is 0 Å². The highest BCUT2D eigenvalue weighted by Gasteiger charge is 2.34. The minimum Gasteiger partial charge on any atom is -0.465 e. The molecule has 0 bridgehead atoms. The summed E-state index contributed by atoms with van der Waals surface area (Å²) in [5.74, 6) is 1.20. The Labute approximate surface area is 101 Å². The van der Waals surface area contributed by atoms with Crippen molar-refractivity contribution in [1.29, 1.82) is 0 Å². The van der Waals surface area contributed by atoms with E-state index in [2.05, 4.69) is 15.4 Å².